The van der Waals surface area contributed by atoms with Crippen LogP contribution in [0, 0.1) is 0 Å². The number of rotatable bonds is 4. The van der Waals surface area contributed by atoms with Crippen LogP contribution in [0.5, 0.6) is 0 Å². The molecule has 1 rings (SSSR count). The number of hydrogen-bond donors (Lipinski definition) is 2. The van der Waals surface area contributed by atoms with Crippen molar-refractivity contribution in [2.45, 2.75) is 31.5 Å². The zero-order valence-corrected chi connectivity index (χ0v) is 7.25. The van der Waals surface area contributed by atoms with Crippen molar-refractivity contribution in [3.8, 4) is 0 Å². The van der Waals surface area contributed by atoms with Gasteiger partial charge < -0.3 is 5.11 Å². The number of hydrogen-bond acceptors (Lipinski definition) is 3. The van der Waals surface area contributed by atoms with E-state index in [1.54, 1.807) is 0 Å². The van der Waals surface area contributed by atoms with Crippen LogP contribution in [0.4, 0.5) is 13.2 Å². The SMILES string of the molecule is OC(CCCC(F)(F)F)c1ncn[nH]1. The van der Waals surface area contributed by atoms with E-state index in [2.05, 4.69) is 15.2 Å². The molecule has 0 bridgehead atoms. The second-order valence-electron chi connectivity index (χ2n) is 2.89. The van der Waals surface area contributed by atoms with Crippen LogP contribution in [-0.4, -0.2) is 26.5 Å². The van der Waals surface area contributed by atoms with Crippen LogP contribution in [-0.2, 0) is 0 Å². The number of H-pyrrole nitrogens is 1. The fourth-order valence-electron chi connectivity index (χ4n) is 1.01. The first-order chi connectivity index (χ1) is 6.49. The van der Waals surface area contributed by atoms with Crippen molar-refractivity contribution in [2.24, 2.45) is 0 Å². The van der Waals surface area contributed by atoms with Crippen LogP contribution in [0.3, 0.4) is 0 Å². The zero-order chi connectivity index (χ0) is 10.6. The molecule has 14 heavy (non-hydrogen) atoms. The Hall–Kier alpha value is -1.11. The summed E-state index contributed by atoms with van der Waals surface area (Å²) in [5.41, 5.74) is 0. The van der Waals surface area contributed by atoms with Gasteiger partial charge >= 0.3 is 6.18 Å². The molecule has 0 saturated heterocycles. The molecule has 0 aliphatic carbocycles. The molecule has 1 atom stereocenters. The van der Waals surface area contributed by atoms with Gasteiger partial charge in [0.15, 0.2) is 5.82 Å². The second-order valence-corrected chi connectivity index (χ2v) is 2.89. The lowest BCUT2D eigenvalue weighted by Gasteiger charge is -2.08. The van der Waals surface area contributed by atoms with Gasteiger partial charge in [-0.2, -0.15) is 18.3 Å². The van der Waals surface area contributed by atoms with Gasteiger partial charge in [0.05, 0.1) is 0 Å². The molecule has 2 N–H and O–H groups in total. The summed E-state index contributed by atoms with van der Waals surface area (Å²) in [6.07, 6.45) is -4.96. The Morgan fingerprint density at radius 2 is 2.21 bits per heavy atom. The Labute approximate surface area is 78.2 Å². The minimum atomic E-state index is -4.17. The van der Waals surface area contributed by atoms with Crippen molar-refractivity contribution in [3.05, 3.63) is 12.2 Å². The summed E-state index contributed by atoms with van der Waals surface area (Å²) < 4.78 is 35.2. The number of aliphatic hydroxyl groups is 1. The topological polar surface area (TPSA) is 61.8 Å². The maximum atomic E-state index is 11.7. The number of aromatic amines is 1. The van der Waals surface area contributed by atoms with Crippen LogP contribution in [0.15, 0.2) is 6.33 Å². The van der Waals surface area contributed by atoms with Crippen LogP contribution < -0.4 is 0 Å². The van der Waals surface area contributed by atoms with E-state index in [1.165, 1.54) is 6.33 Å². The molecule has 1 unspecified atom stereocenters. The highest BCUT2D eigenvalue weighted by Gasteiger charge is 2.26. The lowest BCUT2D eigenvalue weighted by Crippen LogP contribution is -2.08. The van der Waals surface area contributed by atoms with Crippen molar-refractivity contribution in [1.82, 2.24) is 15.2 Å². The maximum Gasteiger partial charge on any atom is 0.389 e. The molecule has 0 saturated carbocycles. The highest BCUT2D eigenvalue weighted by Crippen LogP contribution is 2.24. The lowest BCUT2D eigenvalue weighted by atomic mass is 10.1. The summed E-state index contributed by atoms with van der Waals surface area (Å²) in [6, 6.07) is 0. The van der Waals surface area contributed by atoms with Gasteiger partial charge in [-0.05, 0) is 12.8 Å². The second kappa shape index (κ2) is 4.41. The summed E-state index contributed by atoms with van der Waals surface area (Å²) in [4.78, 5) is 3.63. The van der Waals surface area contributed by atoms with Gasteiger partial charge in [-0.25, -0.2) is 4.98 Å². The van der Waals surface area contributed by atoms with Crippen molar-refractivity contribution >= 4 is 0 Å². The minimum absolute atomic E-state index is 0.0225. The molecule has 80 valence electrons. The molecule has 4 nitrogen and oxygen atoms in total. The number of aliphatic hydroxyl groups excluding tert-OH is 1. The highest BCUT2D eigenvalue weighted by molar-refractivity contribution is 4.85. The van der Waals surface area contributed by atoms with E-state index in [4.69, 9.17) is 0 Å². The Balaban J connectivity index is 2.26. The van der Waals surface area contributed by atoms with Crippen molar-refractivity contribution in [2.75, 3.05) is 0 Å². The smallest absolute Gasteiger partial charge is 0.385 e. The number of aromatic nitrogens is 3. The molecular weight excluding hydrogens is 199 g/mol. The normalized spacial score (nSPS) is 14.3. The third kappa shape index (κ3) is 3.73. The minimum Gasteiger partial charge on any atom is -0.385 e. The van der Waals surface area contributed by atoms with Crippen molar-refractivity contribution in [3.63, 3.8) is 0 Å². The van der Waals surface area contributed by atoms with E-state index < -0.39 is 18.7 Å². The first-order valence-corrected chi connectivity index (χ1v) is 4.09. The van der Waals surface area contributed by atoms with Gasteiger partial charge in [-0.1, -0.05) is 0 Å². The summed E-state index contributed by atoms with van der Waals surface area (Å²) in [5, 5.41) is 15.2. The third-order valence-corrected chi connectivity index (χ3v) is 1.69. The zero-order valence-electron chi connectivity index (χ0n) is 7.25. The van der Waals surface area contributed by atoms with Gasteiger partial charge in [-0.3, -0.25) is 5.10 Å². The molecule has 0 radical (unpaired) electrons. The quantitative estimate of drug-likeness (QED) is 0.791. The van der Waals surface area contributed by atoms with Gasteiger partial charge in [0.1, 0.15) is 12.4 Å². The first-order valence-electron chi connectivity index (χ1n) is 4.09. The van der Waals surface area contributed by atoms with Gasteiger partial charge in [-0.15, -0.1) is 0 Å². The fourth-order valence-corrected chi connectivity index (χ4v) is 1.01. The standard InChI is InChI=1S/C7H10F3N3O/c8-7(9,10)3-1-2-5(14)6-11-4-12-13-6/h4-5,14H,1-3H2,(H,11,12,13). The maximum absolute atomic E-state index is 11.7. The Kier molecular flexibility index (Phi) is 3.45. The third-order valence-electron chi connectivity index (χ3n) is 1.69. The first kappa shape index (κ1) is 11.0. The van der Waals surface area contributed by atoms with Crippen molar-refractivity contribution in [1.29, 1.82) is 0 Å². The summed E-state index contributed by atoms with van der Waals surface area (Å²) in [5.74, 6) is 0.201. The average Bonchev–Trinajstić information content (AvgIpc) is 2.53. The largest absolute Gasteiger partial charge is 0.389 e. The van der Waals surface area contributed by atoms with Crippen molar-refractivity contribution < 1.29 is 18.3 Å². The molecule has 0 aromatic carbocycles. The summed E-state index contributed by atoms with van der Waals surface area (Å²) >= 11 is 0. The number of alkyl halides is 3. The Morgan fingerprint density at radius 3 is 2.71 bits per heavy atom. The van der Waals surface area contributed by atoms with Gasteiger partial charge in [0.2, 0.25) is 0 Å². The molecule has 1 aromatic rings. The molecule has 7 heteroatoms. The van der Waals surface area contributed by atoms with E-state index in [9.17, 15) is 18.3 Å². The number of halogens is 3. The number of nitrogens with one attached hydrogen (secondary N) is 1. The lowest BCUT2D eigenvalue weighted by molar-refractivity contribution is -0.136. The van der Waals surface area contributed by atoms with Crippen LogP contribution in [0.2, 0.25) is 0 Å². The van der Waals surface area contributed by atoms with Crippen LogP contribution in [0.25, 0.3) is 0 Å². The van der Waals surface area contributed by atoms with Crippen LogP contribution in [0.1, 0.15) is 31.2 Å². The Bertz CT molecular complexity index is 260. The van der Waals surface area contributed by atoms with E-state index in [-0.39, 0.29) is 18.7 Å². The van der Waals surface area contributed by atoms with E-state index >= 15 is 0 Å². The molecule has 0 fully saturated rings. The molecule has 0 amide bonds. The highest BCUT2D eigenvalue weighted by atomic mass is 19.4. The average molecular weight is 209 g/mol. The van der Waals surface area contributed by atoms with E-state index in [0.717, 1.165) is 0 Å². The van der Waals surface area contributed by atoms with Gasteiger partial charge in [0, 0.05) is 6.42 Å². The molecular formula is C7H10F3N3O. The molecule has 1 heterocycles. The Morgan fingerprint density at radius 1 is 1.50 bits per heavy atom. The number of nitrogens with zero attached hydrogens (tertiary/aromatic N) is 2. The van der Waals surface area contributed by atoms with Gasteiger partial charge in [0.25, 0.3) is 0 Å². The molecule has 0 aliphatic heterocycles. The van der Waals surface area contributed by atoms with E-state index in [1.807, 2.05) is 0 Å². The summed E-state index contributed by atoms with van der Waals surface area (Å²) in [7, 11) is 0. The molecule has 0 spiro atoms. The summed E-state index contributed by atoms with van der Waals surface area (Å²) in [6.45, 7) is 0. The predicted octanol–water partition coefficient (Wildman–Crippen LogP) is 1.57. The molecule has 1 aromatic heterocycles. The monoisotopic (exact) mass is 209 g/mol. The molecule has 0 aliphatic rings. The van der Waals surface area contributed by atoms with E-state index in [0.29, 0.717) is 0 Å². The van der Waals surface area contributed by atoms with Crippen LogP contribution >= 0.6 is 0 Å². The fraction of sp³-hybridized carbons (Fsp3) is 0.714. The predicted molar refractivity (Wildman–Crippen MR) is 41.2 cm³/mol.